The normalized spacial score (nSPS) is 15.7. The van der Waals surface area contributed by atoms with Crippen molar-refractivity contribution >= 4 is 35.1 Å². The Labute approximate surface area is 161 Å². The molecule has 0 saturated heterocycles. The summed E-state index contributed by atoms with van der Waals surface area (Å²) in [6.07, 6.45) is 3.72. The molecule has 1 aliphatic heterocycles. The van der Waals surface area contributed by atoms with E-state index in [1.165, 1.54) is 0 Å². The van der Waals surface area contributed by atoms with Gasteiger partial charge in [0.25, 0.3) is 0 Å². The molecule has 1 aromatic heterocycles. The molecule has 0 saturated carbocycles. The first kappa shape index (κ1) is 17.4. The van der Waals surface area contributed by atoms with Crippen LogP contribution in [0.2, 0.25) is 0 Å². The number of hydrogen-bond donors (Lipinski definition) is 2. The third kappa shape index (κ3) is 3.46. The van der Waals surface area contributed by atoms with Crippen molar-refractivity contribution in [3.8, 4) is 11.1 Å². The molecule has 27 heavy (non-hydrogen) atoms. The highest BCUT2D eigenvalue weighted by molar-refractivity contribution is 7.98. The molecular weight excluding hydrogens is 360 g/mol. The van der Waals surface area contributed by atoms with E-state index in [4.69, 9.17) is 0 Å². The highest BCUT2D eigenvalue weighted by Crippen LogP contribution is 2.34. The van der Waals surface area contributed by atoms with Gasteiger partial charge >= 0.3 is 0 Å². The lowest BCUT2D eigenvalue weighted by Crippen LogP contribution is -2.35. The highest BCUT2D eigenvalue weighted by Gasteiger charge is 2.33. The Kier molecular flexibility index (Phi) is 4.68. The third-order valence-electron chi connectivity index (χ3n) is 4.45. The van der Waals surface area contributed by atoms with Gasteiger partial charge in [-0.15, -0.1) is 11.8 Å². The number of amides is 2. The Bertz CT molecular complexity index is 1000. The van der Waals surface area contributed by atoms with Crippen LogP contribution in [0.25, 0.3) is 11.1 Å². The number of thioether (sulfide) groups is 1. The molecule has 2 aromatic carbocycles. The van der Waals surface area contributed by atoms with Crippen molar-refractivity contribution in [1.29, 1.82) is 0 Å². The molecule has 0 bridgehead atoms. The Hall–Kier alpha value is -3.06. The van der Waals surface area contributed by atoms with Crippen molar-refractivity contribution in [2.75, 3.05) is 16.9 Å². The van der Waals surface area contributed by atoms with Gasteiger partial charge in [-0.25, -0.2) is 4.68 Å². The van der Waals surface area contributed by atoms with E-state index in [-0.39, 0.29) is 18.2 Å². The number of rotatable bonds is 4. The van der Waals surface area contributed by atoms with E-state index in [2.05, 4.69) is 15.7 Å². The maximum atomic E-state index is 12.9. The molecule has 0 aliphatic carbocycles. The molecule has 3 aromatic rings. The molecule has 2 amide bonds. The Balaban J connectivity index is 1.64. The zero-order chi connectivity index (χ0) is 18.8. The maximum absolute atomic E-state index is 12.9. The second kappa shape index (κ2) is 7.28. The van der Waals surface area contributed by atoms with Gasteiger partial charge in [0, 0.05) is 16.1 Å². The first-order valence-electron chi connectivity index (χ1n) is 8.53. The van der Waals surface area contributed by atoms with Crippen molar-refractivity contribution < 1.29 is 9.59 Å². The maximum Gasteiger partial charge on any atom is 0.249 e. The quantitative estimate of drug-likeness (QED) is 0.677. The number of aromatic nitrogens is 2. The fourth-order valence-corrected chi connectivity index (χ4v) is 3.59. The summed E-state index contributed by atoms with van der Waals surface area (Å²) in [6.45, 7) is 0. The standard InChI is InChI=1S/C20H18N4O2S/c1-27-15-9-5-8-14(10-15)22-20(26)17-11-18(25)23-19-16(12-21-24(17)19)13-6-3-2-4-7-13/h2-10,12,17H,11H2,1H3,(H,22,26)(H,23,25)/t17-/m1/s1. The molecule has 6 nitrogen and oxygen atoms in total. The van der Waals surface area contributed by atoms with Gasteiger partial charge in [-0.05, 0) is 30.0 Å². The summed E-state index contributed by atoms with van der Waals surface area (Å²) < 4.78 is 1.59. The number of anilines is 2. The van der Waals surface area contributed by atoms with Gasteiger partial charge in [-0.3, -0.25) is 9.59 Å². The van der Waals surface area contributed by atoms with Gasteiger partial charge in [-0.1, -0.05) is 36.4 Å². The first-order valence-corrected chi connectivity index (χ1v) is 9.76. The van der Waals surface area contributed by atoms with Crippen molar-refractivity contribution in [3.05, 3.63) is 60.8 Å². The van der Waals surface area contributed by atoms with Crippen LogP contribution in [0.15, 0.2) is 65.7 Å². The summed E-state index contributed by atoms with van der Waals surface area (Å²) in [5.41, 5.74) is 2.44. The molecule has 0 radical (unpaired) electrons. The van der Waals surface area contributed by atoms with Gasteiger partial charge in [-0.2, -0.15) is 5.10 Å². The molecule has 1 atom stereocenters. The minimum absolute atomic E-state index is 0.0525. The van der Waals surface area contributed by atoms with Crippen LogP contribution in [0.4, 0.5) is 11.5 Å². The van der Waals surface area contributed by atoms with Crippen LogP contribution in [0.5, 0.6) is 0 Å². The van der Waals surface area contributed by atoms with Gasteiger partial charge in [0.05, 0.1) is 12.6 Å². The predicted octanol–water partition coefficient (Wildman–Crippen LogP) is 3.79. The van der Waals surface area contributed by atoms with E-state index in [0.717, 1.165) is 16.0 Å². The largest absolute Gasteiger partial charge is 0.324 e. The lowest BCUT2D eigenvalue weighted by Gasteiger charge is -2.24. The van der Waals surface area contributed by atoms with Crippen LogP contribution in [0.3, 0.4) is 0 Å². The molecule has 0 spiro atoms. The number of hydrogen-bond acceptors (Lipinski definition) is 4. The van der Waals surface area contributed by atoms with Crippen molar-refractivity contribution in [2.24, 2.45) is 0 Å². The average molecular weight is 378 g/mol. The van der Waals surface area contributed by atoms with E-state index in [9.17, 15) is 9.59 Å². The predicted molar refractivity (Wildman–Crippen MR) is 107 cm³/mol. The molecule has 0 fully saturated rings. The van der Waals surface area contributed by atoms with E-state index >= 15 is 0 Å². The summed E-state index contributed by atoms with van der Waals surface area (Å²) in [5, 5.41) is 10.1. The lowest BCUT2D eigenvalue weighted by atomic mass is 10.1. The summed E-state index contributed by atoms with van der Waals surface area (Å²) in [6, 6.07) is 16.6. The molecule has 2 heterocycles. The number of nitrogens with one attached hydrogen (secondary N) is 2. The number of benzene rings is 2. The van der Waals surface area contributed by atoms with Crippen LogP contribution in [-0.4, -0.2) is 27.9 Å². The average Bonchev–Trinajstić information content (AvgIpc) is 3.11. The van der Waals surface area contributed by atoms with Gasteiger partial charge in [0.2, 0.25) is 11.8 Å². The van der Waals surface area contributed by atoms with E-state index in [1.807, 2.05) is 60.9 Å². The zero-order valence-electron chi connectivity index (χ0n) is 14.7. The molecular formula is C20H18N4O2S. The number of fused-ring (bicyclic) bond motifs is 1. The molecule has 4 rings (SSSR count). The number of carbonyl (C=O) groups excluding carboxylic acids is 2. The van der Waals surface area contributed by atoms with Gasteiger partial charge in [0.1, 0.15) is 11.9 Å². The molecule has 1 aliphatic rings. The minimum atomic E-state index is -0.691. The minimum Gasteiger partial charge on any atom is -0.324 e. The summed E-state index contributed by atoms with van der Waals surface area (Å²) in [5.74, 6) is 0.0979. The smallest absolute Gasteiger partial charge is 0.249 e. The van der Waals surface area contributed by atoms with Crippen molar-refractivity contribution in [2.45, 2.75) is 17.4 Å². The number of carbonyl (C=O) groups is 2. The lowest BCUT2D eigenvalue weighted by molar-refractivity contribution is -0.125. The monoisotopic (exact) mass is 378 g/mol. The van der Waals surface area contributed by atoms with Crippen LogP contribution in [-0.2, 0) is 9.59 Å². The summed E-state index contributed by atoms with van der Waals surface area (Å²) >= 11 is 1.60. The third-order valence-corrected chi connectivity index (χ3v) is 5.18. The van der Waals surface area contributed by atoms with Crippen LogP contribution < -0.4 is 10.6 Å². The first-order chi connectivity index (χ1) is 13.2. The second-order valence-electron chi connectivity index (χ2n) is 6.21. The van der Waals surface area contributed by atoms with E-state index in [0.29, 0.717) is 11.5 Å². The molecule has 0 unspecified atom stereocenters. The van der Waals surface area contributed by atoms with Crippen LogP contribution in [0.1, 0.15) is 12.5 Å². The SMILES string of the molecule is CSc1cccc(NC(=O)[C@H]2CC(=O)Nc3c(-c4ccccc4)cnn32)c1. The zero-order valence-corrected chi connectivity index (χ0v) is 15.5. The molecule has 2 N–H and O–H groups in total. The number of nitrogens with zero attached hydrogens (tertiary/aromatic N) is 2. The fraction of sp³-hybridized carbons (Fsp3) is 0.150. The van der Waals surface area contributed by atoms with Crippen molar-refractivity contribution in [3.63, 3.8) is 0 Å². The Morgan fingerprint density at radius 1 is 1.22 bits per heavy atom. The van der Waals surface area contributed by atoms with Gasteiger partial charge in [0.15, 0.2) is 0 Å². The topological polar surface area (TPSA) is 76.0 Å². The molecule has 136 valence electrons. The fourth-order valence-electron chi connectivity index (χ4n) is 3.13. The second-order valence-corrected chi connectivity index (χ2v) is 7.09. The van der Waals surface area contributed by atoms with E-state index < -0.39 is 6.04 Å². The van der Waals surface area contributed by atoms with Gasteiger partial charge < -0.3 is 10.6 Å². The Morgan fingerprint density at radius 2 is 2.04 bits per heavy atom. The summed E-state index contributed by atoms with van der Waals surface area (Å²) in [7, 11) is 0. The Morgan fingerprint density at radius 3 is 2.81 bits per heavy atom. The highest BCUT2D eigenvalue weighted by atomic mass is 32.2. The van der Waals surface area contributed by atoms with Crippen LogP contribution in [0, 0.1) is 0 Å². The van der Waals surface area contributed by atoms with Crippen LogP contribution >= 0.6 is 11.8 Å². The van der Waals surface area contributed by atoms with Crippen molar-refractivity contribution in [1.82, 2.24) is 9.78 Å². The molecule has 7 heteroatoms. The van der Waals surface area contributed by atoms with E-state index in [1.54, 1.807) is 22.6 Å². The summed E-state index contributed by atoms with van der Waals surface area (Å²) in [4.78, 5) is 26.2.